The predicted octanol–water partition coefficient (Wildman–Crippen LogP) is 0.231. The zero-order valence-electron chi connectivity index (χ0n) is 12.5. The molecule has 9 heteroatoms. The number of ether oxygens (including phenoxy) is 1. The zero-order valence-corrected chi connectivity index (χ0v) is 14.2. The molecule has 0 bridgehead atoms. The largest absolute Gasteiger partial charge is 0.410 e. The van der Waals surface area contributed by atoms with Crippen molar-refractivity contribution in [3.63, 3.8) is 0 Å². The molecular weight excluding hydrogens is 330 g/mol. The maximum atomic E-state index is 9.93. The van der Waals surface area contributed by atoms with Crippen molar-refractivity contribution >= 4 is 28.6 Å². The topological polar surface area (TPSA) is 123 Å². The van der Waals surface area contributed by atoms with E-state index in [1.54, 1.807) is 11.8 Å². The lowest BCUT2D eigenvalue weighted by atomic mass is 10.0. The number of aliphatic hydroxyl groups excluding tert-OH is 4. The van der Waals surface area contributed by atoms with Crippen LogP contribution in [0.15, 0.2) is 5.16 Å². The van der Waals surface area contributed by atoms with E-state index >= 15 is 0 Å². The molecule has 130 valence electrons. The van der Waals surface area contributed by atoms with Gasteiger partial charge < -0.3 is 30.4 Å². The van der Waals surface area contributed by atoms with Crippen LogP contribution in [0, 0.1) is 0 Å². The minimum absolute atomic E-state index is 0.397. The van der Waals surface area contributed by atoms with Gasteiger partial charge in [0.05, 0.1) is 6.61 Å². The second-order valence-electron chi connectivity index (χ2n) is 5.11. The van der Waals surface area contributed by atoms with Crippen LogP contribution in [-0.4, -0.2) is 79.1 Å². The summed E-state index contributed by atoms with van der Waals surface area (Å²) in [6.07, 6.45) is 0.487. The minimum atomic E-state index is -1.41. The van der Waals surface area contributed by atoms with Gasteiger partial charge in [-0.2, -0.15) is 11.8 Å². The third-order valence-electron chi connectivity index (χ3n) is 3.45. The van der Waals surface area contributed by atoms with Gasteiger partial charge in [0.25, 0.3) is 0 Å². The van der Waals surface area contributed by atoms with Gasteiger partial charge in [-0.25, -0.2) is 0 Å². The first-order valence-corrected chi connectivity index (χ1v) is 9.49. The second kappa shape index (κ2) is 10.7. The Morgan fingerprint density at radius 3 is 2.41 bits per heavy atom. The molecule has 0 unspecified atom stereocenters. The number of aliphatic hydroxyl groups is 4. The molecule has 7 nitrogen and oxygen atoms in total. The molecular formula is C13H25NO6S2. The van der Waals surface area contributed by atoms with Gasteiger partial charge in [0.1, 0.15) is 34.9 Å². The van der Waals surface area contributed by atoms with E-state index in [9.17, 15) is 15.3 Å². The number of unbranched alkanes of at least 4 members (excludes halogenated alkanes) is 2. The third kappa shape index (κ3) is 5.88. The predicted molar refractivity (Wildman–Crippen MR) is 87.4 cm³/mol. The van der Waals surface area contributed by atoms with E-state index in [1.807, 2.05) is 0 Å². The van der Waals surface area contributed by atoms with Crippen molar-refractivity contribution in [1.82, 2.24) is 0 Å². The number of hydrogen-bond acceptors (Lipinski definition) is 9. The Morgan fingerprint density at radius 2 is 1.82 bits per heavy atom. The first-order valence-electron chi connectivity index (χ1n) is 7.22. The fourth-order valence-corrected chi connectivity index (χ4v) is 3.70. The highest BCUT2D eigenvalue weighted by atomic mass is 32.2. The summed E-state index contributed by atoms with van der Waals surface area (Å²) in [6, 6.07) is 0. The molecule has 22 heavy (non-hydrogen) atoms. The summed E-state index contributed by atoms with van der Waals surface area (Å²) in [5.41, 5.74) is -0.896. The summed E-state index contributed by atoms with van der Waals surface area (Å²) < 4.78 is 5.37. The van der Waals surface area contributed by atoms with E-state index < -0.39 is 36.5 Å². The first-order chi connectivity index (χ1) is 10.5. The molecule has 0 saturated carbocycles. The van der Waals surface area contributed by atoms with Gasteiger partial charge in [-0.3, -0.25) is 0 Å². The van der Waals surface area contributed by atoms with E-state index in [0.717, 1.165) is 36.8 Å². The van der Waals surface area contributed by atoms with E-state index in [0.29, 0.717) is 11.5 Å². The van der Waals surface area contributed by atoms with Crippen molar-refractivity contribution in [2.24, 2.45) is 5.16 Å². The van der Waals surface area contributed by atoms with E-state index in [1.165, 1.54) is 0 Å². The highest BCUT2D eigenvalue weighted by Gasteiger charge is 2.44. The normalized spacial score (nSPS) is 33.1. The first kappa shape index (κ1) is 20.0. The molecule has 5 N–H and O–H groups in total. The molecule has 0 amide bonds. The summed E-state index contributed by atoms with van der Waals surface area (Å²) >= 11 is 2.79. The molecule has 1 rings (SSSR count). The molecule has 0 aromatic carbocycles. The molecule has 0 aliphatic carbocycles. The van der Waals surface area contributed by atoms with E-state index in [-0.39, 0.29) is 0 Å². The Balaban J connectivity index is 2.48. The number of oxime groups is 1. The van der Waals surface area contributed by atoms with Crippen LogP contribution in [0.1, 0.15) is 25.7 Å². The van der Waals surface area contributed by atoms with Crippen molar-refractivity contribution < 1.29 is 30.4 Å². The van der Waals surface area contributed by atoms with Gasteiger partial charge in [0, 0.05) is 0 Å². The summed E-state index contributed by atoms with van der Waals surface area (Å²) in [6.45, 7) is -0.470. The van der Waals surface area contributed by atoms with Gasteiger partial charge in [0.2, 0.25) is 0 Å². The molecule has 1 heterocycles. The van der Waals surface area contributed by atoms with Gasteiger partial charge in [-0.05, 0) is 31.3 Å². The van der Waals surface area contributed by atoms with E-state index in [2.05, 4.69) is 11.4 Å². The lowest BCUT2D eigenvalue weighted by molar-refractivity contribution is -0.205. The van der Waals surface area contributed by atoms with Crippen LogP contribution in [0.25, 0.3) is 0 Å². The lowest BCUT2D eigenvalue weighted by Crippen LogP contribution is -2.57. The van der Waals surface area contributed by atoms with Crippen LogP contribution < -0.4 is 0 Å². The molecule has 0 aromatic rings. The van der Waals surface area contributed by atoms with Crippen LogP contribution in [0.5, 0.6) is 0 Å². The average molecular weight is 355 g/mol. The number of rotatable bonds is 8. The van der Waals surface area contributed by atoms with Crippen molar-refractivity contribution in [2.45, 2.75) is 55.5 Å². The second-order valence-corrected chi connectivity index (χ2v) is 7.27. The molecule has 1 saturated heterocycles. The molecule has 5 atom stereocenters. The maximum absolute atomic E-state index is 9.93. The highest BCUT2D eigenvalue weighted by molar-refractivity contribution is 8.14. The molecule has 1 fully saturated rings. The van der Waals surface area contributed by atoms with Gasteiger partial charge in [0.15, 0.2) is 0 Å². The molecule has 1 aliphatic rings. The Kier molecular flexibility index (Phi) is 9.73. The van der Waals surface area contributed by atoms with Crippen molar-refractivity contribution in [3.8, 4) is 0 Å². The standard InChI is InChI=1S/C13H25NO6S2/c1-21-6-4-2-3-5-9(14-19)22-13-12(18)11(17)10(16)8(7-15)20-13/h8,10-13,15-19H,2-7H2,1H3/b14-9-/t8-,10-,11+,12+,13+/m0/s1. The minimum Gasteiger partial charge on any atom is -0.410 e. The monoisotopic (exact) mass is 355 g/mol. The van der Waals surface area contributed by atoms with Crippen LogP contribution in [0.4, 0.5) is 0 Å². The lowest BCUT2D eigenvalue weighted by Gasteiger charge is -2.39. The van der Waals surface area contributed by atoms with Crippen LogP contribution in [-0.2, 0) is 4.74 Å². The molecule has 0 aromatic heterocycles. The van der Waals surface area contributed by atoms with Crippen LogP contribution in [0.2, 0.25) is 0 Å². The molecule has 1 aliphatic heterocycles. The Morgan fingerprint density at radius 1 is 1.09 bits per heavy atom. The Hall–Kier alpha value is -0.0300. The summed E-state index contributed by atoms with van der Waals surface area (Å²) in [4.78, 5) is 0. The maximum Gasteiger partial charge on any atom is 0.138 e. The number of hydrogen-bond donors (Lipinski definition) is 5. The number of thioether (sulfide) groups is 2. The number of nitrogens with zero attached hydrogens (tertiary/aromatic N) is 1. The van der Waals surface area contributed by atoms with Crippen molar-refractivity contribution in [2.75, 3.05) is 18.6 Å². The Labute approximate surface area is 138 Å². The summed E-state index contributed by atoms with van der Waals surface area (Å²) in [5, 5.41) is 51.1. The fourth-order valence-electron chi connectivity index (χ4n) is 2.13. The van der Waals surface area contributed by atoms with Crippen LogP contribution in [0.3, 0.4) is 0 Å². The molecule has 0 radical (unpaired) electrons. The SMILES string of the molecule is CSCCCCC/C(=N/O)S[C@H]1O[C@@H](CO)[C@H](O)[C@@H](O)[C@H]1O. The van der Waals surface area contributed by atoms with Gasteiger partial charge in [-0.1, -0.05) is 23.3 Å². The summed E-state index contributed by atoms with van der Waals surface area (Å²) in [7, 11) is 0. The average Bonchev–Trinajstić information content (AvgIpc) is 2.53. The van der Waals surface area contributed by atoms with Gasteiger partial charge in [-0.15, -0.1) is 0 Å². The quantitative estimate of drug-likeness (QED) is 0.138. The van der Waals surface area contributed by atoms with Crippen molar-refractivity contribution in [1.29, 1.82) is 0 Å². The third-order valence-corrected chi connectivity index (χ3v) is 5.33. The van der Waals surface area contributed by atoms with Gasteiger partial charge >= 0.3 is 0 Å². The highest BCUT2D eigenvalue weighted by Crippen LogP contribution is 2.30. The Bertz CT molecular complexity index is 344. The van der Waals surface area contributed by atoms with E-state index in [4.69, 9.17) is 15.1 Å². The summed E-state index contributed by atoms with van der Waals surface area (Å²) in [5.74, 6) is 1.09. The zero-order chi connectivity index (χ0) is 16.5. The van der Waals surface area contributed by atoms with Crippen LogP contribution >= 0.6 is 23.5 Å². The fraction of sp³-hybridized carbons (Fsp3) is 0.923. The molecule has 0 spiro atoms. The van der Waals surface area contributed by atoms with Crippen molar-refractivity contribution in [3.05, 3.63) is 0 Å². The smallest absolute Gasteiger partial charge is 0.138 e.